The number of benzene rings is 2. The first-order valence-electron chi connectivity index (χ1n) is 6.75. The second kappa shape index (κ2) is 7.00. The molecule has 0 heterocycles. The van der Waals surface area contributed by atoms with E-state index >= 15 is 0 Å². The second-order valence-electron chi connectivity index (χ2n) is 4.45. The van der Waals surface area contributed by atoms with Gasteiger partial charge in [-0.2, -0.15) is 0 Å². The first-order chi connectivity index (χ1) is 9.67. The lowest BCUT2D eigenvalue weighted by Gasteiger charge is -2.18. The molecule has 20 heavy (non-hydrogen) atoms. The minimum absolute atomic E-state index is 0.170. The SMILES string of the molecule is CCN(CC)C(=O)CSc1cccc2cccc(Cl)c12. The number of nitrogens with zero attached hydrogens (tertiary/aromatic N) is 1. The summed E-state index contributed by atoms with van der Waals surface area (Å²) < 4.78 is 0. The average Bonchev–Trinajstić information content (AvgIpc) is 2.46. The monoisotopic (exact) mass is 307 g/mol. The van der Waals surface area contributed by atoms with E-state index in [1.54, 1.807) is 11.8 Å². The molecule has 0 atom stereocenters. The Balaban J connectivity index is 2.20. The zero-order valence-electron chi connectivity index (χ0n) is 11.7. The molecule has 2 nitrogen and oxygen atoms in total. The fourth-order valence-electron chi connectivity index (χ4n) is 2.19. The number of fused-ring (bicyclic) bond motifs is 1. The highest BCUT2D eigenvalue weighted by Crippen LogP contribution is 2.33. The van der Waals surface area contributed by atoms with Gasteiger partial charge in [0, 0.05) is 28.4 Å². The normalized spacial score (nSPS) is 10.8. The summed E-state index contributed by atoms with van der Waals surface area (Å²) in [6.45, 7) is 5.51. The standard InChI is InChI=1S/C16H18ClNOS/c1-3-18(4-2)15(19)11-20-14-10-6-8-12-7-5-9-13(17)16(12)14/h5-10H,3-4,11H2,1-2H3. The van der Waals surface area contributed by atoms with Crippen LogP contribution < -0.4 is 0 Å². The molecule has 0 unspecified atom stereocenters. The molecule has 0 aliphatic rings. The predicted molar refractivity (Wildman–Crippen MR) is 87.6 cm³/mol. The van der Waals surface area contributed by atoms with Gasteiger partial charge in [-0.05, 0) is 31.4 Å². The minimum Gasteiger partial charge on any atom is -0.343 e. The molecule has 0 aliphatic heterocycles. The lowest BCUT2D eigenvalue weighted by molar-refractivity contribution is -0.127. The van der Waals surface area contributed by atoms with Gasteiger partial charge in [-0.15, -0.1) is 11.8 Å². The van der Waals surface area contributed by atoms with Gasteiger partial charge in [-0.1, -0.05) is 35.9 Å². The number of halogens is 1. The molecule has 0 saturated heterocycles. The molecule has 0 saturated carbocycles. The van der Waals surface area contributed by atoms with E-state index in [1.807, 2.05) is 55.1 Å². The Morgan fingerprint density at radius 1 is 1.15 bits per heavy atom. The Morgan fingerprint density at radius 2 is 1.80 bits per heavy atom. The first-order valence-corrected chi connectivity index (χ1v) is 8.11. The average molecular weight is 308 g/mol. The third kappa shape index (κ3) is 3.28. The molecular weight excluding hydrogens is 290 g/mol. The van der Waals surface area contributed by atoms with Gasteiger partial charge in [0.25, 0.3) is 0 Å². The fourth-order valence-corrected chi connectivity index (χ4v) is 3.54. The largest absolute Gasteiger partial charge is 0.343 e. The molecule has 0 radical (unpaired) electrons. The molecule has 106 valence electrons. The summed E-state index contributed by atoms with van der Waals surface area (Å²) in [5.74, 6) is 0.621. The Kier molecular flexibility index (Phi) is 5.32. The van der Waals surface area contributed by atoms with Crippen molar-refractivity contribution in [3.8, 4) is 0 Å². The third-order valence-corrected chi connectivity index (χ3v) is 4.64. The molecule has 0 aliphatic carbocycles. The Morgan fingerprint density at radius 3 is 2.45 bits per heavy atom. The minimum atomic E-state index is 0.170. The van der Waals surface area contributed by atoms with Crippen molar-refractivity contribution in [3.63, 3.8) is 0 Å². The van der Waals surface area contributed by atoms with Crippen molar-refractivity contribution in [1.82, 2.24) is 4.90 Å². The zero-order valence-corrected chi connectivity index (χ0v) is 13.3. The molecule has 4 heteroatoms. The van der Waals surface area contributed by atoms with Crippen molar-refractivity contribution in [2.24, 2.45) is 0 Å². The maximum Gasteiger partial charge on any atom is 0.232 e. The van der Waals surface area contributed by atoms with E-state index in [2.05, 4.69) is 0 Å². The zero-order chi connectivity index (χ0) is 14.5. The number of amides is 1. The van der Waals surface area contributed by atoms with E-state index in [1.165, 1.54) is 0 Å². The molecule has 0 aromatic heterocycles. The van der Waals surface area contributed by atoms with Gasteiger partial charge in [0.05, 0.1) is 5.75 Å². The summed E-state index contributed by atoms with van der Waals surface area (Å²) in [6, 6.07) is 11.9. The lowest BCUT2D eigenvalue weighted by atomic mass is 10.1. The first kappa shape index (κ1) is 15.2. The fraction of sp³-hybridized carbons (Fsp3) is 0.312. The second-order valence-corrected chi connectivity index (χ2v) is 5.87. The summed E-state index contributed by atoms with van der Waals surface area (Å²) in [6.07, 6.45) is 0. The molecule has 0 spiro atoms. The number of carbonyl (C=O) groups is 1. The van der Waals surface area contributed by atoms with E-state index < -0.39 is 0 Å². The van der Waals surface area contributed by atoms with Crippen molar-refractivity contribution < 1.29 is 4.79 Å². The summed E-state index contributed by atoms with van der Waals surface area (Å²) >= 11 is 7.84. The van der Waals surface area contributed by atoms with E-state index in [9.17, 15) is 4.79 Å². The maximum atomic E-state index is 12.1. The van der Waals surface area contributed by atoms with E-state index in [0.29, 0.717) is 5.75 Å². The number of thioether (sulfide) groups is 1. The lowest BCUT2D eigenvalue weighted by Crippen LogP contribution is -2.31. The van der Waals surface area contributed by atoms with Crippen LogP contribution in [-0.2, 0) is 4.79 Å². The third-order valence-electron chi connectivity index (χ3n) is 3.28. The van der Waals surface area contributed by atoms with Gasteiger partial charge < -0.3 is 4.90 Å². The molecular formula is C16H18ClNOS. The van der Waals surface area contributed by atoms with Gasteiger partial charge in [-0.3, -0.25) is 4.79 Å². The van der Waals surface area contributed by atoms with Crippen LogP contribution in [-0.4, -0.2) is 29.6 Å². The predicted octanol–water partition coefficient (Wildman–Crippen LogP) is 4.45. The molecule has 2 aromatic carbocycles. The van der Waals surface area contributed by atoms with E-state index in [-0.39, 0.29) is 5.91 Å². The highest BCUT2D eigenvalue weighted by molar-refractivity contribution is 8.00. The van der Waals surface area contributed by atoms with E-state index in [0.717, 1.165) is 33.8 Å². The summed E-state index contributed by atoms with van der Waals surface area (Å²) in [7, 11) is 0. The van der Waals surface area contributed by atoms with Crippen LogP contribution in [0.15, 0.2) is 41.3 Å². The van der Waals surface area contributed by atoms with Crippen LogP contribution in [0.4, 0.5) is 0 Å². The van der Waals surface area contributed by atoms with Crippen molar-refractivity contribution in [3.05, 3.63) is 41.4 Å². The van der Waals surface area contributed by atoms with Gasteiger partial charge in [0.2, 0.25) is 5.91 Å². The van der Waals surface area contributed by atoms with Crippen LogP contribution in [0.2, 0.25) is 5.02 Å². The smallest absolute Gasteiger partial charge is 0.232 e. The number of hydrogen-bond donors (Lipinski definition) is 0. The van der Waals surface area contributed by atoms with Gasteiger partial charge >= 0.3 is 0 Å². The maximum absolute atomic E-state index is 12.1. The molecule has 0 bridgehead atoms. The molecule has 2 aromatic rings. The number of rotatable bonds is 5. The van der Waals surface area contributed by atoms with Crippen molar-refractivity contribution >= 4 is 40.0 Å². The quantitative estimate of drug-likeness (QED) is 0.760. The molecule has 0 N–H and O–H groups in total. The Labute approximate surface area is 129 Å². The summed E-state index contributed by atoms with van der Waals surface area (Å²) in [5, 5.41) is 2.88. The van der Waals surface area contributed by atoms with Crippen molar-refractivity contribution in [2.75, 3.05) is 18.8 Å². The number of hydrogen-bond acceptors (Lipinski definition) is 2. The van der Waals surface area contributed by atoms with E-state index in [4.69, 9.17) is 11.6 Å². The van der Waals surface area contributed by atoms with Crippen LogP contribution in [0.25, 0.3) is 10.8 Å². The van der Waals surface area contributed by atoms with Crippen LogP contribution in [0.3, 0.4) is 0 Å². The van der Waals surface area contributed by atoms with Crippen LogP contribution >= 0.6 is 23.4 Å². The van der Waals surface area contributed by atoms with Crippen LogP contribution in [0.5, 0.6) is 0 Å². The number of carbonyl (C=O) groups excluding carboxylic acids is 1. The van der Waals surface area contributed by atoms with Gasteiger partial charge in [-0.25, -0.2) is 0 Å². The summed E-state index contributed by atoms with van der Waals surface area (Å²) in [5.41, 5.74) is 0. The molecule has 1 amide bonds. The van der Waals surface area contributed by atoms with Gasteiger partial charge in [0.15, 0.2) is 0 Å². The highest BCUT2D eigenvalue weighted by Gasteiger charge is 2.12. The highest BCUT2D eigenvalue weighted by atomic mass is 35.5. The topological polar surface area (TPSA) is 20.3 Å². The van der Waals surface area contributed by atoms with Crippen LogP contribution in [0, 0.1) is 0 Å². The Hall–Kier alpha value is -1.19. The van der Waals surface area contributed by atoms with Crippen molar-refractivity contribution in [2.45, 2.75) is 18.7 Å². The molecule has 0 fully saturated rings. The summed E-state index contributed by atoms with van der Waals surface area (Å²) in [4.78, 5) is 15.0. The van der Waals surface area contributed by atoms with Crippen molar-refractivity contribution in [1.29, 1.82) is 0 Å². The molecule has 2 rings (SSSR count). The Bertz CT molecular complexity index is 605. The van der Waals surface area contributed by atoms with Crippen LogP contribution in [0.1, 0.15) is 13.8 Å². The van der Waals surface area contributed by atoms with Gasteiger partial charge in [0.1, 0.15) is 0 Å².